The van der Waals surface area contributed by atoms with Crippen molar-refractivity contribution in [2.75, 3.05) is 5.88 Å². The molecule has 0 heterocycles. The summed E-state index contributed by atoms with van der Waals surface area (Å²) in [5.41, 5.74) is 0. The van der Waals surface area contributed by atoms with Gasteiger partial charge in [-0.05, 0) is 6.42 Å². The third-order valence-corrected chi connectivity index (χ3v) is 1.86. The van der Waals surface area contributed by atoms with Gasteiger partial charge in [-0.15, -0.1) is 11.6 Å². The maximum Gasteiger partial charge on any atom is 0.243 e. The number of carbonyl (C=O) groups is 2. The second-order valence-electron chi connectivity index (χ2n) is 3.17. The van der Waals surface area contributed by atoms with E-state index in [1.165, 1.54) is 0 Å². The molecular weight excluding hydrogens is 204 g/mol. The lowest BCUT2D eigenvalue weighted by molar-refractivity contribution is -0.133. The number of halogens is 1. The van der Waals surface area contributed by atoms with Gasteiger partial charge in [0.1, 0.15) is 5.92 Å². The van der Waals surface area contributed by atoms with Crippen molar-refractivity contribution in [1.29, 1.82) is 5.26 Å². The van der Waals surface area contributed by atoms with Gasteiger partial charge in [0.25, 0.3) is 0 Å². The van der Waals surface area contributed by atoms with Crippen molar-refractivity contribution in [3.05, 3.63) is 0 Å². The fourth-order valence-corrected chi connectivity index (χ4v) is 0.934. The Morgan fingerprint density at radius 2 is 2.00 bits per heavy atom. The highest BCUT2D eigenvalue weighted by molar-refractivity contribution is 6.18. The van der Waals surface area contributed by atoms with E-state index in [9.17, 15) is 9.59 Å². The van der Waals surface area contributed by atoms with Crippen molar-refractivity contribution < 1.29 is 9.59 Å². The summed E-state index contributed by atoms with van der Waals surface area (Å²) >= 11 is 5.40. The number of nitriles is 1. The number of rotatable bonds is 4. The Hall–Kier alpha value is -1.08. The molecule has 0 saturated heterocycles. The van der Waals surface area contributed by atoms with Crippen LogP contribution in [0, 0.1) is 23.2 Å². The minimum absolute atomic E-state index is 0.224. The molecule has 0 fully saturated rings. The van der Waals surface area contributed by atoms with Crippen molar-refractivity contribution in [2.45, 2.75) is 20.3 Å². The number of nitrogens with zero attached hydrogens (tertiary/aromatic N) is 1. The standard InChI is InChI=1S/C9H13ClN2O2/c1-6(2)8(13)12-9(14)7(5-11)3-4-10/h6-7H,3-4H2,1-2H3,(H,12,13,14)/t7-/m0/s1. The predicted molar refractivity (Wildman–Crippen MR) is 52.4 cm³/mol. The van der Waals surface area contributed by atoms with Gasteiger partial charge in [0.05, 0.1) is 6.07 Å². The van der Waals surface area contributed by atoms with Gasteiger partial charge in [0, 0.05) is 11.8 Å². The van der Waals surface area contributed by atoms with Crippen LogP contribution in [0.15, 0.2) is 0 Å². The minimum Gasteiger partial charge on any atom is -0.295 e. The smallest absolute Gasteiger partial charge is 0.243 e. The molecule has 1 atom stereocenters. The van der Waals surface area contributed by atoms with Gasteiger partial charge in [0.15, 0.2) is 0 Å². The molecule has 2 amide bonds. The van der Waals surface area contributed by atoms with Crippen molar-refractivity contribution in [2.24, 2.45) is 11.8 Å². The van der Waals surface area contributed by atoms with Gasteiger partial charge in [0.2, 0.25) is 11.8 Å². The van der Waals surface area contributed by atoms with Crippen molar-refractivity contribution >= 4 is 23.4 Å². The van der Waals surface area contributed by atoms with E-state index in [2.05, 4.69) is 5.32 Å². The minimum atomic E-state index is -0.838. The molecule has 0 bridgehead atoms. The van der Waals surface area contributed by atoms with E-state index in [1.54, 1.807) is 19.9 Å². The predicted octanol–water partition coefficient (Wildman–Crippen LogP) is 1.05. The molecule has 0 aromatic heterocycles. The average molecular weight is 217 g/mol. The van der Waals surface area contributed by atoms with Crippen molar-refractivity contribution in [1.82, 2.24) is 5.32 Å². The first-order valence-corrected chi connectivity index (χ1v) is 4.86. The summed E-state index contributed by atoms with van der Waals surface area (Å²) in [5, 5.41) is 10.8. The van der Waals surface area contributed by atoms with Crippen LogP contribution in [0.1, 0.15) is 20.3 Å². The molecule has 1 N–H and O–H groups in total. The zero-order valence-corrected chi connectivity index (χ0v) is 8.97. The summed E-state index contributed by atoms with van der Waals surface area (Å²) in [7, 11) is 0. The van der Waals surface area contributed by atoms with Crippen LogP contribution >= 0.6 is 11.6 Å². The summed E-state index contributed by atoms with van der Waals surface area (Å²) in [6, 6.07) is 1.80. The molecule has 0 radical (unpaired) electrons. The number of hydrogen-bond acceptors (Lipinski definition) is 3. The van der Waals surface area contributed by atoms with Crippen LogP contribution in [0.3, 0.4) is 0 Å². The van der Waals surface area contributed by atoms with E-state index in [-0.39, 0.29) is 24.1 Å². The SMILES string of the molecule is CC(C)C(=O)NC(=O)[C@H](C#N)CCCl. The second-order valence-corrected chi connectivity index (χ2v) is 3.55. The molecular formula is C9H13ClN2O2. The fourth-order valence-electron chi connectivity index (χ4n) is 0.716. The molecule has 4 nitrogen and oxygen atoms in total. The van der Waals surface area contributed by atoms with Gasteiger partial charge in [-0.2, -0.15) is 5.26 Å². The molecule has 5 heteroatoms. The van der Waals surface area contributed by atoms with E-state index in [1.807, 2.05) is 0 Å². The van der Waals surface area contributed by atoms with Gasteiger partial charge < -0.3 is 0 Å². The summed E-state index contributed by atoms with van der Waals surface area (Å²) in [6.45, 7) is 3.34. The van der Waals surface area contributed by atoms with Crippen LogP contribution in [-0.4, -0.2) is 17.7 Å². The number of carbonyl (C=O) groups excluding carboxylic acids is 2. The van der Waals surface area contributed by atoms with Crippen molar-refractivity contribution in [3.63, 3.8) is 0 Å². The first kappa shape index (κ1) is 12.9. The number of imide groups is 1. The molecule has 0 aliphatic carbocycles. The second kappa shape index (κ2) is 6.39. The molecule has 0 aromatic rings. The van der Waals surface area contributed by atoms with Gasteiger partial charge in [-0.1, -0.05) is 13.8 Å². The molecule has 0 spiro atoms. The Balaban J connectivity index is 4.19. The summed E-state index contributed by atoms with van der Waals surface area (Å²) in [5.74, 6) is -1.82. The highest BCUT2D eigenvalue weighted by atomic mass is 35.5. The van der Waals surface area contributed by atoms with Gasteiger partial charge >= 0.3 is 0 Å². The largest absolute Gasteiger partial charge is 0.295 e. The third-order valence-electron chi connectivity index (χ3n) is 1.64. The van der Waals surface area contributed by atoms with Gasteiger partial charge in [-0.3, -0.25) is 14.9 Å². The number of hydrogen-bond donors (Lipinski definition) is 1. The molecule has 78 valence electrons. The number of nitrogens with one attached hydrogen (secondary N) is 1. The lowest BCUT2D eigenvalue weighted by Crippen LogP contribution is -2.37. The van der Waals surface area contributed by atoms with Crippen LogP contribution in [0.4, 0.5) is 0 Å². The van der Waals surface area contributed by atoms with E-state index in [4.69, 9.17) is 16.9 Å². The Labute approximate surface area is 88.2 Å². The lowest BCUT2D eigenvalue weighted by Gasteiger charge is -2.09. The molecule has 0 unspecified atom stereocenters. The molecule has 0 aliphatic heterocycles. The fraction of sp³-hybridized carbons (Fsp3) is 0.667. The first-order chi connectivity index (χ1) is 6.52. The van der Waals surface area contributed by atoms with E-state index >= 15 is 0 Å². The number of amides is 2. The topological polar surface area (TPSA) is 70.0 Å². The Morgan fingerprint density at radius 3 is 2.36 bits per heavy atom. The van der Waals surface area contributed by atoms with Crippen LogP contribution in [-0.2, 0) is 9.59 Å². The highest BCUT2D eigenvalue weighted by Gasteiger charge is 2.20. The van der Waals surface area contributed by atoms with E-state index < -0.39 is 11.8 Å². The zero-order chi connectivity index (χ0) is 11.1. The zero-order valence-electron chi connectivity index (χ0n) is 8.21. The Morgan fingerprint density at radius 1 is 1.43 bits per heavy atom. The van der Waals surface area contributed by atoms with E-state index in [0.29, 0.717) is 0 Å². The lowest BCUT2D eigenvalue weighted by atomic mass is 10.1. The third kappa shape index (κ3) is 4.24. The summed E-state index contributed by atoms with van der Waals surface area (Å²) < 4.78 is 0. The van der Waals surface area contributed by atoms with Gasteiger partial charge in [-0.25, -0.2) is 0 Å². The molecule has 0 saturated carbocycles. The van der Waals surface area contributed by atoms with Crippen molar-refractivity contribution in [3.8, 4) is 6.07 Å². The molecule has 0 aromatic carbocycles. The van der Waals surface area contributed by atoms with Crippen LogP contribution < -0.4 is 5.32 Å². The maximum atomic E-state index is 11.3. The molecule has 0 rings (SSSR count). The van der Waals surface area contributed by atoms with Crippen LogP contribution in [0.2, 0.25) is 0 Å². The summed E-state index contributed by atoms with van der Waals surface area (Å²) in [4.78, 5) is 22.4. The van der Waals surface area contributed by atoms with E-state index in [0.717, 1.165) is 0 Å². The normalized spacial score (nSPS) is 11.9. The van der Waals surface area contributed by atoms with Crippen LogP contribution in [0.25, 0.3) is 0 Å². The molecule has 0 aliphatic rings. The Kier molecular flexibility index (Phi) is 5.89. The molecule has 14 heavy (non-hydrogen) atoms. The summed E-state index contributed by atoms with van der Waals surface area (Å²) in [6.07, 6.45) is 0.259. The number of alkyl halides is 1. The highest BCUT2D eigenvalue weighted by Crippen LogP contribution is 2.03. The van der Waals surface area contributed by atoms with Crippen LogP contribution in [0.5, 0.6) is 0 Å². The average Bonchev–Trinajstić information content (AvgIpc) is 2.13. The maximum absolute atomic E-state index is 11.3. The quantitative estimate of drug-likeness (QED) is 0.715. The monoisotopic (exact) mass is 216 g/mol. The first-order valence-electron chi connectivity index (χ1n) is 4.33. The Bertz CT molecular complexity index is 258.